The van der Waals surface area contributed by atoms with Crippen molar-refractivity contribution in [3.8, 4) is 0 Å². The molecule has 2 N–H and O–H groups in total. The number of hydrogen-bond donors (Lipinski definition) is 2. The van der Waals surface area contributed by atoms with Gasteiger partial charge in [0.1, 0.15) is 0 Å². The van der Waals surface area contributed by atoms with Gasteiger partial charge < -0.3 is 15.4 Å². The monoisotopic (exact) mass is 354 g/mol. The topological polar surface area (TPSA) is 84.5 Å². The van der Waals surface area contributed by atoms with Gasteiger partial charge in [-0.2, -0.15) is 0 Å². The summed E-state index contributed by atoms with van der Waals surface area (Å²) in [5.74, 6) is -2.29. The zero-order chi connectivity index (χ0) is 19.3. The normalized spacial score (nSPS) is 10.8. The third-order valence-electron chi connectivity index (χ3n) is 3.77. The molecular formula is C20H22N2O4. The maximum atomic E-state index is 12.3. The molecule has 0 aliphatic heterocycles. The summed E-state index contributed by atoms with van der Waals surface area (Å²) in [5, 5.41) is 5.08. The highest BCUT2D eigenvalue weighted by Crippen LogP contribution is 2.29. The first-order chi connectivity index (χ1) is 12.2. The highest BCUT2D eigenvalue weighted by molar-refractivity contribution is 6.44. The van der Waals surface area contributed by atoms with Crippen molar-refractivity contribution in [2.45, 2.75) is 26.2 Å². The minimum absolute atomic E-state index is 0.172. The van der Waals surface area contributed by atoms with Gasteiger partial charge in [0.2, 0.25) is 0 Å². The van der Waals surface area contributed by atoms with Gasteiger partial charge in [-0.1, -0.05) is 51.1 Å². The standard InChI is InChI=1S/C20H22N2O4/c1-20(2,3)14-10-6-8-12-16(14)22-18(24)17(23)21-15-11-7-5-9-13(15)19(25)26-4/h5-12H,1-4H3,(H,21,23)(H,22,24). The number of benzene rings is 2. The first kappa shape index (κ1) is 19.2. The van der Waals surface area contributed by atoms with Crippen LogP contribution in [0.25, 0.3) is 0 Å². The molecule has 0 saturated carbocycles. The molecule has 0 aliphatic carbocycles. The Hall–Kier alpha value is -3.15. The van der Waals surface area contributed by atoms with E-state index in [1.165, 1.54) is 19.2 Å². The number of esters is 1. The van der Waals surface area contributed by atoms with E-state index in [0.29, 0.717) is 5.69 Å². The molecule has 0 spiro atoms. The molecule has 2 aromatic rings. The largest absolute Gasteiger partial charge is 0.465 e. The highest BCUT2D eigenvalue weighted by Gasteiger charge is 2.22. The number of nitrogens with one attached hydrogen (secondary N) is 2. The Labute approximate surface area is 152 Å². The van der Waals surface area contributed by atoms with Crippen LogP contribution in [0.1, 0.15) is 36.7 Å². The van der Waals surface area contributed by atoms with E-state index < -0.39 is 17.8 Å². The first-order valence-corrected chi connectivity index (χ1v) is 8.13. The predicted molar refractivity (Wildman–Crippen MR) is 100 cm³/mol. The lowest BCUT2D eigenvalue weighted by Gasteiger charge is -2.22. The first-order valence-electron chi connectivity index (χ1n) is 8.13. The molecular weight excluding hydrogens is 332 g/mol. The number of methoxy groups -OCH3 is 1. The third-order valence-corrected chi connectivity index (χ3v) is 3.77. The van der Waals surface area contributed by atoms with Crippen molar-refractivity contribution in [2.24, 2.45) is 0 Å². The summed E-state index contributed by atoms with van der Waals surface area (Å²) in [4.78, 5) is 36.3. The van der Waals surface area contributed by atoms with Gasteiger partial charge >= 0.3 is 17.8 Å². The van der Waals surface area contributed by atoms with Gasteiger partial charge in [0.15, 0.2) is 0 Å². The number of anilines is 2. The maximum Gasteiger partial charge on any atom is 0.339 e. The number of carbonyl (C=O) groups excluding carboxylic acids is 3. The molecule has 0 unspecified atom stereocenters. The van der Waals surface area contributed by atoms with E-state index in [1.54, 1.807) is 24.3 Å². The van der Waals surface area contributed by atoms with Crippen molar-refractivity contribution in [3.05, 3.63) is 59.7 Å². The molecule has 0 heterocycles. The molecule has 2 amide bonds. The van der Waals surface area contributed by atoms with Crippen LogP contribution in [0.15, 0.2) is 48.5 Å². The molecule has 0 fully saturated rings. The zero-order valence-corrected chi connectivity index (χ0v) is 15.3. The van der Waals surface area contributed by atoms with Gasteiger partial charge in [-0.25, -0.2) is 4.79 Å². The van der Waals surface area contributed by atoms with Crippen molar-refractivity contribution in [2.75, 3.05) is 17.7 Å². The van der Waals surface area contributed by atoms with E-state index in [9.17, 15) is 14.4 Å². The molecule has 2 aromatic carbocycles. The minimum Gasteiger partial charge on any atom is -0.465 e. The van der Waals surface area contributed by atoms with E-state index in [2.05, 4.69) is 15.4 Å². The van der Waals surface area contributed by atoms with E-state index in [4.69, 9.17) is 0 Å². The molecule has 0 aliphatic rings. The van der Waals surface area contributed by atoms with Crippen molar-refractivity contribution in [1.29, 1.82) is 0 Å². The van der Waals surface area contributed by atoms with Crippen LogP contribution in [0.5, 0.6) is 0 Å². The van der Waals surface area contributed by atoms with Gasteiger partial charge in [0.25, 0.3) is 0 Å². The van der Waals surface area contributed by atoms with Crippen molar-refractivity contribution >= 4 is 29.2 Å². The second kappa shape index (κ2) is 7.82. The van der Waals surface area contributed by atoms with Gasteiger partial charge in [0, 0.05) is 5.69 Å². The lowest BCUT2D eigenvalue weighted by molar-refractivity contribution is -0.133. The predicted octanol–water partition coefficient (Wildman–Crippen LogP) is 3.35. The Morgan fingerprint density at radius 3 is 1.88 bits per heavy atom. The quantitative estimate of drug-likeness (QED) is 0.654. The fraction of sp³-hybridized carbons (Fsp3) is 0.250. The third kappa shape index (κ3) is 4.47. The van der Waals surface area contributed by atoms with Crippen molar-refractivity contribution in [1.82, 2.24) is 0 Å². The van der Waals surface area contributed by atoms with E-state index in [-0.39, 0.29) is 16.7 Å². The molecule has 0 atom stereocenters. The molecule has 0 bridgehead atoms. The van der Waals surface area contributed by atoms with Gasteiger partial charge in [-0.3, -0.25) is 9.59 Å². The van der Waals surface area contributed by atoms with Crippen LogP contribution >= 0.6 is 0 Å². The second-order valence-corrected chi connectivity index (χ2v) is 6.74. The van der Waals surface area contributed by atoms with E-state index >= 15 is 0 Å². The number of ether oxygens (including phenoxy) is 1. The summed E-state index contributed by atoms with van der Waals surface area (Å²) < 4.78 is 4.68. The van der Waals surface area contributed by atoms with E-state index in [1.807, 2.05) is 32.9 Å². The smallest absolute Gasteiger partial charge is 0.339 e. The summed E-state index contributed by atoms with van der Waals surface area (Å²) in [6, 6.07) is 13.6. The Bertz CT molecular complexity index is 838. The zero-order valence-electron chi connectivity index (χ0n) is 15.3. The molecule has 0 aromatic heterocycles. The Morgan fingerprint density at radius 1 is 0.808 bits per heavy atom. The summed E-state index contributed by atoms with van der Waals surface area (Å²) >= 11 is 0. The molecule has 136 valence electrons. The number of hydrogen-bond acceptors (Lipinski definition) is 4. The average Bonchev–Trinajstić information content (AvgIpc) is 2.61. The summed E-state index contributed by atoms with van der Waals surface area (Å²) in [6.45, 7) is 6.06. The van der Waals surface area contributed by atoms with Crippen LogP contribution in [0.2, 0.25) is 0 Å². The fourth-order valence-electron chi connectivity index (χ4n) is 2.48. The van der Waals surface area contributed by atoms with Crippen LogP contribution in [0.3, 0.4) is 0 Å². The number of para-hydroxylation sites is 2. The maximum absolute atomic E-state index is 12.3. The van der Waals surface area contributed by atoms with Crippen LogP contribution in [-0.4, -0.2) is 24.9 Å². The number of amides is 2. The van der Waals surface area contributed by atoms with Crippen LogP contribution < -0.4 is 10.6 Å². The number of rotatable bonds is 3. The summed E-state index contributed by atoms with van der Waals surface area (Å²) in [6.07, 6.45) is 0. The molecule has 2 rings (SSSR count). The van der Waals surface area contributed by atoms with Crippen LogP contribution in [0, 0.1) is 0 Å². The molecule has 0 saturated heterocycles. The van der Waals surface area contributed by atoms with Gasteiger partial charge in [-0.05, 0) is 29.2 Å². The van der Waals surface area contributed by atoms with Gasteiger partial charge in [-0.15, -0.1) is 0 Å². The van der Waals surface area contributed by atoms with E-state index in [0.717, 1.165) is 5.56 Å². The summed E-state index contributed by atoms with van der Waals surface area (Å²) in [7, 11) is 1.25. The van der Waals surface area contributed by atoms with Gasteiger partial charge in [0.05, 0.1) is 18.4 Å². The molecule has 0 radical (unpaired) electrons. The second-order valence-electron chi connectivity index (χ2n) is 6.74. The average molecular weight is 354 g/mol. The summed E-state index contributed by atoms with van der Waals surface area (Å²) in [5.41, 5.74) is 1.67. The SMILES string of the molecule is COC(=O)c1ccccc1NC(=O)C(=O)Nc1ccccc1C(C)(C)C. The number of carbonyl (C=O) groups is 3. The van der Waals surface area contributed by atoms with Crippen molar-refractivity contribution in [3.63, 3.8) is 0 Å². The lowest BCUT2D eigenvalue weighted by Crippen LogP contribution is -2.30. The highest BCUT2D eigenvalue weighted by atomic mass is 16.5. The molecule has 6 heteroatoms. The molecule has 6 nitrogen and oxygen atoms in total. The Kier molecular flexibility index (Phi) is 5.77. The van der Waals surface area contributed by atoms with Crippen LogP contribution in [-0.2, 0) is 19.7 Å². The van der Waals surface area contributed by atoms with Crippen molar-refractivity contribution < 1.29 is 19.1 Å². The lowest BCUT2D eigenvalue weighted by atomic mass is 9.86. The van der Waals surface area contributed by atoms with Crippen LogP contribution in [0.4, 0.5) is 11.4 Å². The molecule has 26 heavy (non-hydrogen) atoms. The fourth-order valence-corrected chi connectivity index (χ4v) is 2.48. The minimum atomic E-state index is -0.870. The Balaban J connectivity index is 2.18. The Morgan fingerprint density at radius 2 is 1.31 bits per heavy atom.